The summed E-state index contributed by atoms with van der Waals surface area (Å²) < 4.78 is 6.80. The number of carboxylic acid groups (broad SMARTS) is 1. The number of benzene rings is 1. The smallest absolute Gasteiger partial charge is 0.371 e. The lowest BCUT2D eigenvalue weighted by atomic mass is 10.0. The van der Waals surface area contributed by atoms with Crippen molar-refractivity contribution >= 4 is 39.1 Å². The van der Waals surface area contributed by atoms with Gasteiger partial charge in [-0.3, -0.25) is 9.36 Å². The molecule has 4 rings (SSSR count). The van der Waals surface area contributed by atoms with Crippen molar-refractivity contribution in [2.45, 2.75) is 20.4 Å². The Kier molecular flexibility index (Phi) is 4.56. The maximum atomic E-state index is 13.3. The lowest BCUT2D eigenvalue weighted by Gasteiger charge is -2.09. The molecule has 0 saturated carbocycles. The van der Waals surface area contributed by atoms with Crippen molar-refractivity contribution in [3.8, 4) is 11.1 Å². The van der Waals surface area contributed by atoms with Crippen molar-refractivity contribution in [2.24, 2.45) is 0 Å². The average molecular weight is 415 g/mol. The zero-order valence-corrected chi connectivity index (χ0v) is 16.6. The number of carbonyl (C=O) groups is 1. The Morgan fingerprint density at radius 3 is 2.57 bits per heavy atom. The largest absolute Gasteiger partial charge is 0.475 e. The molecule has 0 amide bonds. The van der Waals surface area contributed by atoms with Crippen molar-refractivity contribution in [1.29, 1.82) is 0 Å². The number of rotatable bonds is 4. The van der Waals surface area contributed by atoms with Gasteiger partial charge in [0.25, 0.3) is 5.56 Å². The Morgan fingerprint density at radius 2 is 1.93 bits per heavy atom. The molecule has 28 heavy (non-hydrogen) atoms. The van der Waals surface area contributed by atoms with Gasteiger partial charge in [0, 0.05) is 15.5 Å². The van der Waals surface area contributed by atoms with Crippen LogP contribution in [0.25, 0.3) is 21.3 Å². The van der Waals surface area contributed by atoms with Gasteiger partial charge in [-0.1, -0.05) is 23.7 Å². The highest BCUT2D eigenvalue weighted by Crippen LogP contribution is 2.36. The Balaban J connectivity index is 1.88. The lowest BCUT2D eigenvalue weighted by Crippen LogP contribution is -2.24. The predicted octanol–water partition coefficient (Wildman–Crippen LogP) is 4.73. The van der Waals surface area contributed by atoms with Gasteiger partial charge in [-0.2, -0.15) is 0 Å². The predicted molar refractivity (Wildman–Crippen MR) is 109 cm³/mol. The molecule has 0 radical (unpaired) electrons. The maximum Gasteiger partial charge on any atom is 0.371 e. The first-order chi connectivity index (χ1) is 13.3. The molecule has 0 bridgehead atoms. The minimum absolute atomic E-state index is 0.107. The Morgan fingerprint density at radius 1 is 1.21 bits per heavy atom. The van der Waals surface area contributed by atoms with Gasteiger partial charge in [-0.05, 0) is 43.7 Å². The number of aromatic nitrogens is 2. The summed E-state index contributed by atoms with van der Waals surface area (Å²) in [5.41, 5.74) is 1.55. The van der Waals surface area contributed by atoms with E-state index in [1.807, 2.05) is 19.1 Å². The third kappa shape index (κ3) is 3.12. The van der Waals surface area contributed by atoms with E-state index >= 15 is 0 Å². The van der Waals surface area contributed by atoms with Crippen LogP contribution in [0.4, 0.5) is 0 Å². The molecule has 3 aromatic heterocycles. The normalized spacial score (nSPS) is 11.2. The number of nitrogens with zero attached hydrogens (tertiary/aromatic N) is 2. The second-order valence-electron chi connectivity index (χ2n) is 6.34. The average Bonchev–Trinajstić information content (AvgIpc) is 3.24. The van der Waals surface area contributed by atoms with Gasteiger partial charge >= 0.3 is 5.97 Å². The molecule has 0 aliphatic rings. The van der Waals surface area contributed by atoms with Crippen LogP contribution in [-0.2, 0) is 6.54 Å². The first-order valence-corrected chi connectivity index (χ1v) is 9.63. The molecule has 6 nitrogen and oxygen atoms in total. The highest BCUT2D eigenvalue weighted by atomic mass is 35.5. The number of halogens is 1. The van der Waals surface area contributed by atoms with Crippen molar-refractivity contribution in [3.63, 3.8) is 0 Å². The highest BCUT2D eigenvalue weighted by molar-refractivity contribution is 7.19. The van der Waals surface area contributed by atoms with Crippen LogP contribution in [0.3, 0.4) is 0 Å². The Hall–Kier alpha value is -2.90. The summed E-state index contributed by atoms with van der Waals surface area (Å²) >= 11 is 7.47. The van der Waals surface area contributed by atoms with Crippen LogP contribution < -0.4 is 5.56 Å². The zero-order chi connectivity index (χ0) is 20.0. The molecule has 0 saturated heterocycles. The van der Waals surface area contributed by atoms with Gasteiger partial charge in [0.05, 0.1) is 11.9 Å². The number of aryl methyl sites for hydroxylation is 2. The van der Waals surface area contributed by atoms with Gasteiger partial charge < -0.3 is 9.52 Å². The van der Waals surface area contributed by atoms with Crippen molar-refractivity contribution in [3.05, 3.63) is 74.0 Å². The third-order valence-corrected chi connectivity index (χ3v) is 5.75. The maximum absolute atomic E-state index is 13.3. The molecule has 0 aliphatic carbocycles. The number of hydrogen-bond donors (Lipinski definition) is 1. The molecule has 0 aliphatic heterocycles. The first-order valence-electron chi connectivity index (χ1n) is 8.43. The quantitative estimate of drug-likeness (QED) is 0.521. The first kappa shape index (κ1) is 18.5. The number of furan rings is 1. The molecule has 4 aromatic rings. The van der Waals surface area contributed by atoms with E-state index in [0.29, 0.717) is 26.8 Å². The third-order valence-electron chi connectivity index (χ3n) is 4.50. The molecule has 0 spiro atoms. The van der Waals surface area contributed by atoms with E-state index in [1.165, 1.54) is 22.0 Å². The van der Waals surface area contributed by atoms with E-state index < -0.39 is 5.97 Å². The molecule has 3 heterocycles. The highest BCUT2D eigenvalue weighted by Gasteiger charge is 2.19. The van der Waals surface area contributed by atoms with Crippen LogP contribution in [0, 0.1) is 13.8 Å². The van der Waals surface area contributed by atoms with Crippen LogP contribution in [0.2, 0.25) is 5.02 Å². The van der Waals surface area contributed by atoms with Crippen LogP contribution >= 0.6 is 22.9 Å². The molecule has 1 aromatic carbocycles. The summed E-state index contributed by atoms with van der Waals surface area (Å²) in [6.45, 7) is 3.82. The molecular weight excluding hydrogens is 400 g/mol. The number of carboxylic acids is 1. The number of thiophene rings is 1. The Labute approximate surface area is 168 Å². The van der Waals surface area contributed by atoms with E-state index in [-0.39, 0.29) is 17.9 Å². The molecule has 8 heteroatoms. The number of fused-ring (bicyclic) bond motifs is 1. The minimum Gasteiger partial charge on any atom is -0.475 e. The van der Waals surface area contributed by atoms with E-state index in [0.717, 1.165) is 16.0 Å². The van der Waals surface area contributed by atoms with Gasteiger partial charge in [0.15, 0.2) is 0 Å². The van der Waals surface area contributed by atoms with Gasteiger partial charge in [-0.25, -0.2) is 9.78 Å². The standard InChI is InChI=1S/C20H15ClN2O4S/c1-10-16(12-3-5-13(21)6-4-12)17-18(28-10)22-11(2)23(19(17)24)9-14-7-8-15(27-14)20(25)26/h3-8H,9H2,1-2H3,(H,25,26). The fourth-order valence-corrected chi connectivity index (χ4v) is 4.39. The summed E-state index contributed by atoms with van der Waals surface area (Å²) in [6.07, 6.45) is 0. The van der Waals surface area contributed by atoms with E-state index in [1.54, 1.807) is 25.1 Å². The molecule has 0 unspecified atom stereocenters. The fourth-order valence-electron chi connectivity index (χ4n) is 3.18. The van der Waals surface area contributed by atoms with E-state index in [2.05, 4.69) is 4.98 Å². The summed E-state index contributed by atoms with van der Waals surface area (Å²) in [4.78, 5) is 30.6. The minimum atomic E-state index is -1.15. The second-order valence-corrected chi connectivity index (χ2v) is 7.98. The SMILES string of the molecule is Cc1sc2nc(C)n(Cc3ccc(C(=O)O)o3)c(=O)c2c1-c1ccc(Cl)cc1. The number of hydrogen-bond acceptors (Lipinski definition) is 5. The zero-order valence-electron chi connectivity index (χ0n) is 15.0. The lowest BCUT2D eigenvalue weighted by molar-refractivity contribution is 0.0660. The van der Waals surface area contributed by atoms with Crippen molar-refractivity contribution in [2.75, 3.05) is 0 Å². The van der Waals surface area contributed by atoms with Crippen LogP contribution in [0.5, 0.6) is 0 Å². The van der Waals surface area contributed by atoms with Crippen LogP contribution in [0.1, 0.15) is 27.0 Å². The molecule has 1 N–H and O–H groups in total. The molecule has 0 fully saturated rings. The van der Waals surface area contributed by atoms with Crippen LogP contribution in [0.15, 0.2) is 45.6 Å². The van der Waals surface area contributed by atoms with Crippen LogP contribution in [-0.4, -0.2) is 20.6 Å². The second kappa shape index (κ2) is 6.92. The topological polar surface area (TPSA) is 85.3 Å². The van der Waals surface area contributed by atoms with Gasteiger partial charge in [-0.15, -0.1) is 11.3 Å². The summed E-state index contributed by atoms with van der Waals surface area (Å²) in [6, 6.07) is 10.3. The van der Waals surface area contributed by atoms with E-state index in [9.17, 15) is 9.59 Å². The summed E-state index contributed by atoms with van der Waals surface area (Å²) in [5.74, 6) is -0.399. The molecule has 0 atom stereocenters. The number of aromatic carboxylic acids is 1. The van der Waals surface area contributed by atoms with Crippen molar-refractivity contribution < 1.29 is 14.3 Å². The summed E-state index contributed by atoms with van der Waals surface area (Å²) in [7, 11) is 0. The van der Waals surface area contributed by atoms with E-state index in [4.69, 9.17) is 21.1 Å². The summed E-state index contributed by atoms with van der Waals surface area (Å²) in [5, 5.41) is 10.2. The molecule has 142 valence electrons. The monoisotopic (exact) mass is 414 g/mol. The van der Waals surface area contributed by atoms with Gasteiger partial charge in [0.2, 0.25) is 5.76 Å². The Bertz CT molecular complexity index is 1270. The van der Waals surface area contributed by atoms with Gasteiger partial charge in [0.1, 0.15) is 16.4 Å². The molecular formula is C20H15ClN2O4S. The van der Waals surface area contributed by atoms with Crippen molar-refractivity contribution in [1.82, 2.24) is 9.55 Å². The fraction of sp³-hybridized carbons (Fsp3) is 0.150.